The maximum atomic E-state index is 11.7. The third-order valence-electron chi connectivity index (χ3n) is 5.36. The van der Waals surface area contributed by atoms with Crippen molar-refractivity contribution in [3.63, 3.8) is 0 Å². The van der Waals surface area contributed by atoms with Crippen LogP contribution in [0.25, 0.3) is 10.9 Å². The second kappa shape index (κ2) is 7.83. The lowest BCUT2D eigenvalue weighted by molar-refractivity contribution is 0.750. The zero-order chi connectivity index (χ0) is 19.6. The number of rotatable bonds is 8. The minimum absolute atomic E-state index is 0.0746. The summed E-state index contributed by atoms with van der Waals surface area (Å²) in [5.41, 5.74) is 3.27. The second-order valence-electron chi connectivity index (χ2n) is 7.51. The molecule has 2 aromatic carbocycles. The van der Waals surface area contributed by atoms with E-state index < -0.39 is 0 Å². The highest BCUT2D eigenvalue weighted by Gasteiger charge is 2.26. The predicted octanol–water partition coefficient (Wildman–Crippen LogP) is 4.79. The third-order valence-corrected chi connectivity index (χ3v) is 6.39. The normalized spacial score (nSPS) is 14.9. The van der Waals surface area contributed by atoms with Gasteiger partial charge in [0, 0.05) is 28.3 Å². The van der Waals surface area contributed by atoms with E-state index in [4.69, 9.17) is 0 Å². The van der Waals surface area contributed by atoms with Crippen LogP contribution in [0.5, 0.6) is 0 Å². The van der Waals surface area contributed by atoms with Crippen LogP contribution in [0.4, 0.5) is 5.82 Å². The zero-order valence-electron chi connectivity index (χ0n) is 15.9. The molecule has 1 aliphatic rings. The average Bonchev–Trinajstić information content (AvgIpc) is 3.39. The molecule has 1 atom stereocenters. The van der Waals surface area contributed by atoms with Gasteiger partial charge < -0.3 is 5.32 Å². The van der Waals surface area contributed by atoms with Gasteiger partial charge in [-0.3, -0.25) is 20.1 Å². The first-order valence-electron chi connectivity index (χ1n) is 9.96. The Morgan fingerprint density at radius 1 is 1.10 bits per heavy atom. The van der Waals surface area contributed by atoms with Gasteiger partial charge in [-0.25, -0.2) is 0 Å². The fourth-order valence-corrected chi connectivity index (χ4v) is 4.56. The number of aromatic nitrogens is 4. The first-order chi connectivity index (χ1) is 14.3. The summed E-state index contributed by atoms with van der Waals surface area (Å²) in [6.45, 7) is 0. The number of nitrogens with zero attached hydrogens (tertiary/aromatic N) is 1. The van der Waals surface area contributed by atoms with E-state index in [0.29, 0.717) is 11.3 Å². The molecular weight excluding hydrogens is 382 g/mol. The van der Waals surface area contributed by atoms with Gasteiger partial charge in [-0.15, -0.1) is 11.8 Å². The van der Waals surface area contributed by atoms with E-state index in [1.807, 2.05) is 24.3 Å². The molecular formula is C22H23N5OS. The predicted molar refractivity (Wildman–Crippen MR) is 118 cm³/mol. The van der Waals surface area contributed by atoms with Crippen molar-refractivity contribution >= 4 is 28.5 Å². The van der Waals surface area contributed by atoms with Crippen molar-refractivity contribution < 1.29 is 0 Å². The van der Waals surface area contributed by atoms with E-state index in [2.05, 4.69) is 56.0 Å². The van der Waals surface area contributed by atoms with Crippen LogP contribution in [-0.4, -0.2) is 26.1 Å². The van der Waals surface area contributed by atoms with Crippen LogP contribution in [0, 0.1) is 0 Å². The van der Waals surface area contributed by atoms with Crippen molar-refractivity contribution in [2.24, 2.45) is 0 Å². The highest BCUT2D eigenvalue weighted by molar-refractivity contribution is 7.99. The second-order valence-corrected chi connectivity index (χ2v) is 8.68. The smallest absolute Gasteiger partial charge is 0.271 e. The number of H-pyrrole nitrogens is 3. The van der Waals surface area contributed by atoms with Crippen molar-refractivity contribution in [2.45, 2.75) is 36.1 Å². The van der Waals surface area contributed by atoms with E-state index in [1.165, 1.54) is 24.1 Å². The van der Waals surface area contributed by atoms with Crippen LogP contribution in [0.3, 0.4) is 0 Å². The molecule has 1 fully saturated rings. The van der Waals surface area contributed by atoms with Gasteiger partial charge in [-0.05, 0) is 43.0 Å². The highest BCUT2D eigenvalue weighted by Crippen LogP contribution is 2.40. The Kier molecular flexibility index (Phi) is 4.89. The number of benzene rings is 2. The molecule has 0 bridgehead atoms. The monoisotopic (exact) mass is 405 g/mol. The standard InChI is InChI=1S/C22H23N5OS/c28-22-17-9-8-16(12-20(17)25-27-22)29-11-10-18(14-4-2-1-3-5-14)23-21-13-19(24-26-21)15-6-7-15/h1-5,8-9,12-13,15,18H,6-7,10-11H2,(H2,23,24,26)(H2,25,27,28). The summed E-state index contributed by atoms with van der Waals surface area (Å²) < 4.78 is 0. The third kappa shape index (κ3) is 4.10. The first-order valence-corrected chi connectivity index (χ1v) is 10.9. The highest BCUT2D eigenvalue weighted by atomic mass is 32.2. The SMILES string of the molecule is O=c1[nH][nH]c2cc(SCCC(Nc3cc(C4CC4)[nH]n3)c3ccccc3)ccc12. The Morgan fingerprint density at radius 3 is 2.79 bits per heavy atom. The molecule has 1 aliphatic carbocycles. The summed E-state index contributed by atoms with van der Waals surface area (Å²) >= 11 is 1.79. The van der Waals surface area contributed by atoms with Crippen molar-refractivity contribution in [3.8, 4) is 0 Å². The molecule has 148 valence electrons. The Morgan fingerprint density at radius 2 is 1.97 bits per heavy atom. The molecule has 2 aromatic heterocycles. The lowest BCUT2D eigenvalue weighted by Crippen LogP contribution is -2.12. The van der Waals surface area contributed by atoms with Crippen LogP contribution in [0.2, 0.25) is 0 Å². The largest absolute Gasteiger partial charge is 0.362 e. The van der Waals surface area contributed by atoms with Gasteiger partial charge in [0.2, 0.25) is 0 Å². The fourth-order valence-electron chi connectivity index (χ4n) is 3.60. The maximum absolute atomic E-state index is 11.7. The molecule has 1 unspecified atom stereocenters. The summed E-state index contributed by atoms with van der Waals surface area (Å²) in [5.74, 6) is 2.53. The molecule has 0 amide bonds. The van der Waals surface area contributed by atoms with Gasteiger partial charge in [0.25, 0.3) is 5.56 Å². The summed E-state index contributed by atoms with van der Waals surface area (Å²) in [4.78, 5) is 12.8. The number of hydrogen-bond donors (Lipinski definition) is 4. The number of thioether (sulfide) groups is 1. The molecule has 6 nitrogen and oxygen atoms in total. The molecule has 0 radical (unpaired) electrons. The minimum atomic E-state index is -0.0746. The Balaban J connectivity index is 1.27. The number of aromatic amines is 3. The summed E-state index contributed by atoms with van der Waals surface area (Å²) in [6.07, 6.45) is 3.48. The Hall–Kier alpha value is -2.93. The van der Waals surface area contributed by atoms with Gasteiger partial charge >= 0.3 is 0 Å². The average molecular weight is 406 g/mol. The molecule has 0 spiro atoms. The molecule has 7 heteroatoms. The van der Waals surface area contributed by atoms with Gasteiger partial charge in [0.05, 0.1) is 16.9 Å². The molecule has 1 saturated carbocycles. The number of anilines is 1. The lowest BCUT2D eigenvalue weighted by Gasteiger charge is -2.19. The summed E-state index contributed by atoms with van der Waals surface area (Å²) in [5, 5.41) is 17.5. The molecule has 2 heterocycles. The van der Waals surface area contributed by atoms with Gasteiger partial charge in [-0.1, -0.05) is 30.3 Å². The Labute approximate surface area is 172 Å². The van der Waals surface area contributed by atoms with Crippen LogP contribution < -0.4 is 10.9 Å². The van der Waals surface area contributed by atoms with Gasteiger partial charge in [0.15, 0.2) is 0 Å². The summed E-state index contributed by atoms with van der Waals surface area (Å²) in [6, 6.07) is 18.8. The molecule has 4 N–H and O–H groups in total. The molecule has 0 aliphatic heterocycles. The van der Waals surface area contributed by atoms with Crippen LogP contribution in [0.15, 0.2) is 64.3 Å². The molecule has 29 heavy (non-hydrogen) atoms. The molecule has 5 rings (SSSR count). The number of fused-ring (bicyclic) bond motifs is 1. The van der Waals surface area contributed by atoms with E-state index in [9.17, 15) is 4.79 Å². The fraction of sp³-hybridized carbons (Fsp3) is 0.273. The topological polar surface area (TPSA) is 89.4 Å². The van der Waals surface area contributed by atoms with E-state index in [0.717, 1.165) is 28.4 Å². The Bertz CT molecular complexity index is 1160. The van der Waals surface area contributed by atoms with E-state index in [-0.39, 0.29) is 11.6 Å². The van der Waals surface area contributed by atoms with E-state index in [1.54, 1.807) is 11.8 Å². The van der Waals surface area contributed by atoms with Crippen LogP contribution in [0.1, 0.15) is 42.5 Å². The van der Waals surface area contributed by atoms with Crippen molar-refractivity contribution in [1.82, 2.24) is 20.4 Å². The molecule has 0 saturated heterocycles. The molecule has 4 aromatic rings. The number of nitrogens with one attached hydrogen (secondary N) is 4. The maximum Gasteiger partial charge on any atom is 0.271 e. The van der Waals surface area contributed by atoms with Gasteiger partial charge in [-0.2, -0.15) is 5.10 Å². The summed E-state index contributed by atoms with van der Waals surface area (Å²) in [7, 11) is 0. The minimum Gasteiger partial charge on any atom is -0.362 e. The van der Waals surface area contributed by atoms with Crippen molar-refractivity contribution in [3.05, 3.63) is 76.2 Å². The first kappa shape index (κ1) is 18.1. The van der Waals surface area contributed by atoms with E-state index >= 15 is 0 Å². The van der Waals surface area contributed by atoms with Crippen molar-refractivity contribution in [1.29, 1.82) is 0 Å². The van der Waals surface area contributed by atoms with Crippen LogP contribution in [-0.2, 0) is 0 Å². The lowest BCUT2D eigenvalue weighted by atomic mass is 10.0. The van der Waals surface area contributed by atoms with Crippen LogP contribution >= 0.6 is 11.8 Å². The number of hydrogen-bond acceptors (Lipinski definition) is 4. The van der Waals surface area contributed by atoms with Crippen molar-refractivity contribution in [2.75, 3.05) is 11.1 Å². The van der Waals surface area contributed by atoms with Gasteiger partial charge in [0.1, 0.15) is 5.82 Å². The zero-order valence-corrected chi connectivity index (χ0v) is 16.8. The quantitative estimate of drug-likeness (QED) is 0.317.